The molecule has 0 atom stereocenters. The first kappa shape index (κ1) is 27.0. The van der Waals surface area contributed by atoms with Crippen LogP contribution < -0.4 is 15.4 Å². The molecule has 9 nitrogen and oxygen atoms in total. The molecule has 1 fully saturated rings. The van der Waals surface area contributed by atoms with Gasteiger partial charge in [-0.3, -0.25) is 9.59 Å². The van der Waals surface area contributed by atoms with Crippen LogP contribution >= 0.6 is 11.6 Å². The van der Waals surface area contributed by atoms with E-state index in [-0.39, 0.29) is 48.4 Å². The summed E-state index contributed by atoms with van der Waals surface area (Å²) in [6, 6.07) is 9.31. The second kappa shape index (κ2) is 10.6. The Morgan fingerprint density at radius 1 is 1.23 bits per heavy atom. The molecule has 12 heteroatoms. The largest absolute Gasteiger partial charge is 0.395 e. The highest BCUT2D eigenvalue weighted by Crippen LogP contribution is 2.41. The van der Waals surface area contributed by atoms with Crippen LogP contribution in [0.1, 0.15) is 41.3 Å². The molecule has 0 aliphatic carbocycles. The average Bonchev–Trinajstić information content (AvgIpc) is 2.78. The summed E-state index contributed by atoms with van der Waals surface area (Å²) in [4.78, 5) is 26.1. The quantitative estimate of drug-likeness (QED) is 0.397. The van der Waals surface area contributed by atoms with E-state index in [0.717, 1.165) is 22.0 Å². The number of halogens is 2. The second-order valence-electron chi connectivity index (χ2n) is 8.56. The molecule has 2 aromatic rings. The first-order valence-electron chi connectivity index (χ1n) is 10.9. The van der Waals surface area contributed by atoms with Crippen molar-refractivity contribution in [3.8, 4) is 0 Å². The van der Waals surface area contributed by atoms with Gasteiger partial charge in [-0.2, -0.15) is 17.4 Å². The predicted octanol–water partition coefficient (Wildman–Crippen LogP) is 1.98. The van der Waals surface area contributed by atoms with Crippen LogP contribution in [0.5, 0.6) is 0 Å². The standard InChI is InChI=1S/C23H28ClFN4O5S/c1-14(2)15-6-4-5-7-17(15)23(12-29(13-23)35(33,34)27-8-9-30)22(32)28-20-11-19(25)18(24)10-16(20)21(31)26-3/h4-7,10-11,14,27,30H,8-9,12-13H2,1-3H3,(H,26,31)(H,28,32). The first-order chi connectivity index (χ1) is 16.5. The number of nitrogens with zero attached hydrogens (tertiary/aromatic N) is 1. The molecule has 0 radical (unpaired) electrons. The molecule has 1 saturated heterocycles. The zero-order chi connectivity index (χ0) is 26.0. The lowest BCUT2D eigenvalue weighted by Crippen LogP contribution is -2.68. The number of carbonyl (C=O) groups excluding carboxylic acids is 2. The van der Waals surface area contributed by atoms with E-state index < -0.39 is 33.3 Å². The molecule has 3 rings (SSSR count). The topological polar surface area (TPSA) is 128 Å². The van der Waals surface area contributed by atoms with Crippen LogP contribution in [0.4, 0.5) is 10.1 Å². The lowest BCUT2D eigenvalue weighted by Gasteiger charge is -2.48. The van der Waals surface area contributed by atoms with Gasteiger partial charge in [0.1, 0.15) is 11.2 Å². The molecule has 1 aliphatic heterocycles. The van der Waals surface area contributed by atoms with Gasteiger partial charge in [0.2, 0.25) is 5.91 Å². The van der Waals surface area contributed by atoms with Crippen LogP contribution in [0, 0.1) is 5.82 Å². The molecule has 2 amide bonds. The minimum atomic E-state index is -3.94. The molecular weight excluding hydrogens is 499 g/mol. The third-order valence-corrected chi connectivity index (χ3v) is 7.74. The molecule has 2 aromatic carbocycles. The Balaban J connectivity index is 2.05. The van der Waals surface area contributed by atoms with Gasteiger partial charge in [0, 0.05) is 26.7 Å². The Bertz CT molecular complexity index is 1230. The second-order valence-corrected chi connectivity index (χ2v) is 10.7. The monoisotopic (exact) mass is 526 g/mol. The summed E-state index contributed by atoms with van der Waals surface area (Å²) in [6.45, 7) is 3.00. The molecule has 4 N–H and O–H groups in total. The number of aliphatic hydroxyl groups is 1. The number of anilines is 1. The Morgan fingerprint density at radius 2 is 1.89 bits per heavy atom. The maximum Gasteiger partial charge on any atom is 0.279 e. The van der Waals surface area contributed by atoms with Gasteiger partial charge in [0.25, 0.3) is 16.1 Å². The molecule has 1 aliphatic rings. The highest BCUT2D eigenvalue weighted by molar-refractivity contribution is 7.87. The molecule has 0 unspecified atom stereocenters. The number of rotatable bonds is 9. The maximum atomic E-state index is 14.3. The average molecular weight is 527 g/mol. The first-order valence-corrected chi connectivity index (χ1v) is 12.8. The summed E-state index contributed by atoms with van der Waals surface area (Å²) < 4.78 is 42.9. The van der Waals surface area contributed by atoms with Crippen molar-refractivity contribution in [3.63, 3.8) is 0 Å². The van der Waals surface area contributed by atoms with Crippen LogP contribution in [0.3, 0.4) is 0 Å². The van der Waals surface area contributed by atoms with Gasteiger partial charge in [-0.1, -0.05) is 49.7 Å². The third-order valence-electron chi connectivity index (χ3n) is 5.94. The number of hydrogen-bond acceptors (Lipinski definition) is 5. The van der Waals surface area contributed by atoms with Crippen LogP contribution in [0.25, 0.3) is 0 Å². The predicted molar refractivity (Wildman–Crippen MR) is 131 cm³/mol. The smallest absolute Gasteiger partial charge is 0.279 e. The minimum Gasteiger partial charge on any atom is -0.395 e. The number of amides is 2. The van der Waals surface area contributed by atoms with Gasteiger partial charge in [0.15, 0.2) is 0 Å². The van der Waals surface area contributed by atoms with Crippen molar-refractivity contribution < 1.29 is 27.5 Å². The highest BCUT2D eigenvalue weighted by Gasteiger charge is 2.55. The van der Waals surface area contributed by atoms with Crippen molar-refractivity contribution in [1.29, 1.82) is 0 Å². The van der Waals surface area contributed by atoms with E-state index in [9.17, 15) is 22.4 Å². The molecule has 35 heavy (non-hydrogen) atoms. The van der Waals surface area contributed by atoms with Crippen LogP contribution in [0.15, 0.2) is 36.4 Å². The Kier molecular flexibility index (Phi) is 8.17. The van der Waals surface area contributed by atoms with E-state index >= 15 is 0 Å². The van der Waals surface area contributed by atoms with Crippen LogP contribution in [-0.2, 0) is 20.4 Å². The van der Waals surface area contributed by atoms with E-state index in [2.05, 4.69) is 15.4 Å². The zero-order valence-electron chi connectivity index (χ0n) is 19.6. The third kappa shape index (κ3) is 5.34. The van der Waals surface area contributed by atoms with Crippen molar-refractivity contribution in [2.75, 3.05) is 38.6 Å². The lowest BCUT2D eigenvalue weighted by atomic mass is 9.71. The number of hydrogen-bond donors (Lipinski definition) is 4. The summed E-state index contributed by atoms with van der Waals surface area (Å²) in [7, 11) is -2.55. The summed E-state index contributed by atoms with van der Waals surface area (Å²) >= 11 is 5.85. The van der Waals surface area contributed by atoms with Gasteiger partial charge in [-0.25, -0.2) is 4.39 Å². The Labute approximate surface area is 208 Å². The molecule has 1 heterocycles. The normalized spacial score (nSPS) is 15.5. The summed E-state index contributed by atoms with van der Waals surface area (Å²) in [5.41, 5.74) is 0.0736. The number of nitrogens with one attached hydrogen (secondary N) is 3. The molecule has 0 spiro atoms. The minimum absolute atomic E-state index is 0.0310. The Morgan fingerprint density at radius 3 is 2.49 bits per heavy atom. The van der Waals surface area contributed by atoms with Gasteiger partial charge >= 0.3 is 0 Å². The zero-order valence-corrected chi connectivity index (χ0v) is 21.1. The van der Waals surface area contributed by atoms with E-state index in [1.165, 1.54) is 7.05 Å². The molecule has 0 bridgehead atoms. The molecule has 0 saturated carbocycles. The summed E-state index contributed by atoms with van der Waals surface area (Å²) in [5, 5.41) is 13.8. The van der Waals surface area contributed by atoms with Crippen molar-refractivity contribution in [1.82, 2.24) is 14.3 Å². The number of aliphatic hydroxyl groups excluding tert-OH is 1. The van der Waals surface area contributed by atoms with Crippen molar-refractivity contribution >= 4 is 39.3 Å². The Hall–Kier alpha value is -2.57. The molecule has 0 aromatic heterocycles. The van der Waals surface area contributed by atoms with Crippen LogP contribution in [0.2, 0.25) is 5.02 Å². The summed E-state index contributed by atoms with van der Waals surface area (Å²) in [5.74, 6) is -1.96. The van der Waals surface area contributed by atoms with Gasteiger partial charge in [0.05, 0.1) is 22.9 Å². The van der Waals surface area contributed by atoms with Crippen molar-refractivity contribution in [2.24, 2.45) is 0 Å². The van der Waals surface area contributed by atoms with Crippen molar-refractivity contribution in [2.45, 2.75) is 25.2 Å². The van der Waals surface area contributed by atoms with E-state index in [1.807, 2.05) is 26.0 Å². The fourth-order valence-corrected chi connectivity index (χ4v) is 5.56. The highest BCUT2D eigenvalue weighted by atomic mass is 35.5. The summed E-state index contributed by atoms with van der Waals surface area (Å²) in [6.07, 6.45) is 0. The fraction of sp³-hybridized carbons (Fsp3) is 0.391. The molecular formula is C23H28ClFN4O5S. The van der Waals surface area contributed by atoms with Gasteiger partial charge in [-0.05, 0) is 29.2 Å². The maximum absolute atomic E-state index is 14.3. The van der Waals surface area contributed by atoms with E-state index in [0.29, 0.717) is 5.56 Å². The van der Waals surface area contributed by atoms with Crippen LogP contribution in [-0.4, -0.2) is 62.9 Å². The lowest BCUT2D eigenvalue weighted by molar-refractivity contribution is -0.125. The number of carbonyl (C=O) groups is 2. The van der Waals surface area contributed by atoms with Gasteiger partial charge in [-0.15, -0.1) is 0 Å². The SMILES string of the molecule is CNC(=O)c1cc(Cl)c(F)cc1NC(=O)C1(c2ccccc2C(C)C)CN(S(=O)(=O)NCCO)C1. The van der Waals surface area contributed by atoms with Gasteiger partial charge < -0.3 is 15.7 Å². The number of benzene rings is 2. The van der Waals surface area contributed by atoms with E-state index in [1.54, 1.807) is 12.1 Å². The van der Waals surface area contributed by atoms with E-state index in [4.69, 9.17) is 16.7 Å². The fourth-order valence-electron chi connectivity index (χ4n) is 4.08. The van der Waals surface area contributed by atoms with Crippen molar-refractivity contribution in [3.05, 3.63) is 63.9 Å². The molecule has 190 valence electrons.